The molecule has 1 aliphatic carbocycles. The highest BCUT2D eigenvalue weighted by atomic mass is 35.5. The van der Waals surface area contributed by atoms with E-state index >= 15 is 0 Å². The number of hydrogen-bond donors (Lipinski definition) is 1. The first-order valence-electron chi connectivity index (χ1n) is 11.4. The number of likely N-dealkylation sites (tertiary alicyclic amines) is 1. The number of hydrogen-bond acceptors (Lipinski definition) is 5. The molecule has 1 amide bonds. The summed E-state index contributed by atoms with van der Waals surface area (Å²) < 4.78 is 15.7. The molecule has 9 heteroatoms. The molecule has 0 unspecified atom stereocenters. The van der Waals surface area contributed by atoms with Crippen molar-refractivity contribution in [2.75, 3.05) is 18.4 Å². The molecule has 0 spiro atoms. The van der Waals surface area contributed by atoms with Crippen molar-refractivity contribution in [2.24, 2.45) is 5.92 Å². The summed E-state index contributed by atoms with van der Waals surface area (Å²) in [6.45, 7) is 4.45. The molecule has 3 aromatic rings. The van der Waals surface area contributed by atoms with Crippen LogP contribution in [0.1, 0.15) is 42.5 Å². The first kappa shape index (κ1) is 22.5. The number of aromatic nitrogens is 2. The van der Waals surface area contributed by atoms with E-state index in [1.165, 1.54) is 21.6 Å². The van der Waals surface area contributed by atoms with Crippen molar-refractivity contribution in [1.82, 2.24) is 14.5 Å². The molecular formula is C24H26ClFN4O2S. The molecule has 0 saturated carbocycles. The van der Waals surface area contributed by atoms with E-state index in [9.17, 15) is 14.0 Å². The average Bonchev–Trinajstić information content (AvgIpc) is 3.40. The highest BCUT2D eigenvalue weighted by Gasteiger charge is 2.26. The number of anilines is 1. The van der Waals surface area contributed by atoms with Crippen molar-refractivity contribution in [1.29, 1.82) is 0 Å². The molecule has 1 aliphatic heterocycles. The van der Waals surface area contributed by atoms with E-state index in [2.05, 4.69) is 17.1 Å². The summed E-state index contributed by atoms with van der Waals surface area (Å²) in [5.74, 6) is 0.0969. The fourth-order valence-corrected chi connectivity index (χ4v) is 6.37. The summed E-state index contributed by atoms with van der Waals surface area (Å²) >= 11 is 7.43. The first-order chi connectivity index (χ1) is 15.9. The maximum Gasteiger partial charge on any atom is 0.263 e. The molecule has 33 heavy (non-hydrogen) atoms. The minimum Gasteiger partial charge on any atom is -0.322 e. The molecule has 1 aromatic carbocycles. The number of carbonyl (C=O) groups excluding carboxylic acids is 1. The smallest absolute Gasteiger partial charge is 0.263 e. The van der Waals surface area contributed by atoms with Crippen molar-refractivity contribution >= 4 is 44.7 Å². The van der Waals surface area contributed by atoms with Gasteiger partial charge in [-0.15, -0.1) is 11.3 Å². The van der Waals surface area contributed by atoms with Gasteiger partial charge in [0.05, 0.1) is 17.6 Å². The van der Waals surface area contributed by atoms with Gasteiger partial charge in [-0.25, -0.2) is 9.37 Å². The van der Waals surface area contributed by atoms with E-state index < -0.39 is 11.7 Å². The lowest BCUT2D eigenvalue weighted by Crippen LogP contribution is -2.34. The van der Waals surface area contributed by atoms with Gasteiger partial charge in [-0.1, -0.05) is 18.5 Å². The summed E-state index contributed by atoms with van der Waals surface area (Å²) in [5, 5.41) is 3.47. The zero-order valence-corrected chi connectivity index (χ0v) is 20.1. The highest BCUT2D eigenvalue weighted by molar-refractivity contribution is 7.18. The maximum absolute atomic E-state index is 14.2. The van der Waals surface area contributed by atoms with Crippen LogP contribution in [0.3, 0.4) is 0 Å². The molecule has 174 valence electrons. The van der Waals surface area contributed by atoms with Gasteiger partial charge in [0, 0.05) is 9.90 Å². The van der Waals surface area contributed by atoms with Gasteiger partial charge < -0.3 is 5.32 Å². The Labute approximate surface area is 200 Å². The zero-order chi connectivity index (χ0) is 23.1. The Kier molecular flexibility index (Phi) is 6.24. The van der Waals surface area contributed by atoms with E-state index in [0.29, 0.717) is 23.7 Å². The molecule has 1 N–H and O–H groups in total. The number of nitrogens with zero attached hydrogens (tertiary/aromatic N) is 3. The molecule has 5 rings (SSSR count). The monoisotopic (exact) mass is 488 g/mol. The van der Waals surface area contributed by atoms with Crippen LogP contribution < -0.4 is 10.9 Å². The summed E-state index contributed by atoms with van der Waals surface area (Å²) in [7, 11) is 0. The Balaban J connectivity index is 1.52. The number of amides is 1. The van der Waals surface area contributed by atoms with Crippen molar-refractivity contribution < 1.29 is 9.18 Å². The summed E-state index contributed by atoms with van der Waals surface area (Å²) in [5.41, 5.74) is 0.957. The van der Waals surface area contributed by atoms with E-state index in [1.807, 2.05) is 0 Å². The largest absolute Gasteiger partial charge is 0.322 e. The lowest BCUT2D eigenvalue weighted by molar-refractivity contribution is -0.116. The number of fused-ring (bicyclic) bond motifs is 3. The predicted molar refractivity (Wildman–Crippen MR) is 130 cm³/mol. The maximum atomic E-state index is 14.2. The van der Waals surface area contributed by atoms with Crippen molar-refractivity contribution in [3.05, 3.63) is 55.7 Å². The lowest BCUT2D eigenvalue weighted by atomic mass is 9.89. The summed E-state index contributed by atoms with van der Waals surface area (Å²) in [6, 6.07) is 4.08. The highest BCUT2D eigenvalue weighted by Crippen LogP contribution is 2.36. The number of nitrogens with one attached hydrogen (secondary N) is 1. The molecule has 2 aromatic heterocycles. The van der Waals surface area contributed by atoms with E-state index in [-0.39, 0.29) is 22.8 Å². The van der Waals surface area contributed by atoms with Gasteiger partial charge in [0.1, 0.15) is 23.0 Å². The second kappa shape index (κ2) is 9.16. The molecule has 1 atom stereocenters. The Morgan fingerprint density at radius 1 is 1.33 bits per heavy atom. The molecule has 0 bridgehead atoms. The minimum atomic E-state index is -0.616. The fourth-order valence-electron chi connectivity index (χ4n) is 4.81. The second-order valence-electron chi connectivity index (χ2n) is 9.11. The van der Waals surface area contributed by atoms with Crippen molar-refractivity contribution in [3.63, 3.8) is 0 Å². The lowest BCUT2D eigenvalue weighted by Gasteiger charge is -2.19. The number of carbonyl (C=O) groups is 1. The van der Waals surface area contributed by atoms with E-state index in [0.717, 1.165) is 61.7 Å². The quantitative estimate of drug-likeness (QED) is 0.569. The second-order valence-corrected chi connectivity index (χ2v) is 10.6. The number of benzene rings is 1. The number of thiophene rings is 1. The third kappa shape index (κ3) is 4.56. The first-order valence-corrected chi connectivity index (χ1v) is 12.6. The summed E-state index contributed by atoms with van der Waals surface area (Å²) in [6.07, 6.45) is 5.11. The van der Waals surface area contributed by atoms with Crippen molar-refractivity contribution in [2.45, 2.75) is 52.1 Å². The molecule has 1 fully saturated rings. The van der Waals surface area contributed by atoms with Crippen LogP contribution in [0.4, 0.5) is 10.1 Å². The van der Waals surface area contributed by atoms with Gasteiger partial charge in [-0.05, 0) is 74.9 Å². The SMILES string of the molecule is C[C@@H]1CCc2c(sc3nc(CN4CCCC4)n(CC(=O)Nc4ccc(Cl)cc4F)c(=O)c23)C1. The molecule has 6 nitrogen and oxygen atoms in total. The Morgan fingerprint density at radius 3 is 2.88 bits per heavy atom. The van der Waals surface area contributed by atoms with Gasteiger partial charge in [-0.3, -0.25) is 19.1 Å². The average molecular weight is 489 g/mol. The van der Waals surface area contributed by atoms with Gasteiger partial charge in [0.2, 0.25) is 5.91 Å². The van der Waals surface area contributed by atoms with E-state index in [4.69, 9.17) is 16.6 Å². The van der Waals surface area contributed by atoms with Crippen LogP contribution in [-0.2, 0) is 30.7 Å². The van der Waals surface area contributed by atoms with Crippen LogP contribution in [0.5, 0.6) is 0 Å². The van der Waals surface area contributed by atoms with Gasteiger partial charge in [-0.2, -0.15) is 0 Å². The number of rotatable bonds is 5. The normalized spacial score (nSPS) is 18.6. The molecule has 1 saturated heterocycles. The van der Waals surface area contributed by atoms with Gasteiger partial charge in [0.15, 0.2) is 0 Å². The molecule has 2 aliphatic rings. The van der Waals surface area contributed by atoms with Crippen LogP contribution in [0.2, 0.25) is 5.02 Å². The third-order valence-corrected chi connectivity index (χ3v) is 7.95. The Hall–Kier alpha value is -2.29. The number of aryl methyl sites for hydroxylation is 1. The minimum absolute atomic E-state index is 0.0366. The topological polar surface area (TPSA) is 67.2 Å². The number of halogens is 2. The van der Waals surface area contributed by atoms with Crippen LogP contribution in [-0.4, -0.2) is 33.4 Å². The standard InChI is InChI=1S/C24H26ClFN4O2S/c1-14-4-6-16-19(10-14)33-23-22(16)24(32)30(20(28-23)12-29-8-2-3-9-29)13-21(31)27-18-7-5-15(25)11-17(18)26/h5,7,11,14H,2-4,6,8-10,12-13H2,1H3,(H,27,31)/t14-/m1/s1. The van der Waals surface area contributed by atoms with Crippen molar-refractivity contribution in [3.8, 4) is 0 Å². The Morgan fingerprint density at radius 2 is 2.12 bits per heavy atom. The van der Waals surface area contributed by atoms with Crippen LogP contribution >= 0.6 is 22.9 Å². The van der Waals surface area contributed by atoms with Gasteiger partial charge >= 0.3 is 0 Å². The molecular weight excluding hydrogens is 463 g/mol. The van der Waals surface area contributed by atoms with Crippen LogP contribution in [0.25, 0.3) is 10.2 Å². The summed E-state index contributed by atoms with van der Waals surface area (Å²) in [4.78, 5) is 35.7. The predicted octanol–water partition coefficient (Wildman–Crippen LogP) is 4.61. The molecule has 0 radical (unpaired) electrons. The fraction of sp³-hybridized carbons (Fsp3) is 0.458. The Bertz CT molecular complexity index is 1280. The van der Waals surface area contributed by atoms with E-state index in [1.54, 1.807) is 11.3 Å². The molecule has 3 heterocycles. The third-order valence-electron chi connectivity index (χ3n) is 6.56. The van der Waals surface area contributed by atoms with Crippen LogP contribution in [0.15, 0.2) is 23.0 Å². The van der Waals surface area contributed by atoms with Gasteiger partial charge in [0.25, 0.3) is 5.56 Å². The van der Waals surface area contributed by atoms with Crippen LogP contribution in [0, 0.1) is 11.7 Å². The zero-order valence-electron chi connectivity index (χ0n) is 18.5.